The molecule has 4 nitrogen and oxygen atoms in total. The van der Waals surface area contributed by atoms with Crippen molar-refractivity contribution in [2.75, 3.05) is 11.6 Å². The van der Waals surface area contributed by atoms with Crippen LogP contribution >= 0.6 is 11.6 Å². The molecule has 0 heterocycles. The molecule has 0 aromatic carbocycles. The Morgan fingerprint density at radius 2 is 2.13 bits per heavy atom. The Labute approximate surface area is 96.1 Å². The second-order valence-electron chi connectivity index (χ2n) is 4.60. The molecule has 0 bridgehead atoms. The summed E-state index contributed by atoms with van der Waals surface area (Å²) in [6.07, 6.45) is 0.526. The predicted molar refractivity (Wildman–Crippen MR) is 60.5 cm³/mol. The highest BCUT2D eigenvalue weighted by Crippen LogP contribution is 2.40. The molecule has 6 heteroatoms. The van der Waals surface area contributed by atoms with Gasteiger partial charge in [0.15, 0.2) is 0 Å². The number of aliphatic hydroxyl groups is 1. The highest BCUT2D eigenvalue weighted by atomic mass is 35.5. The number of alkyl halides is 1. The van der Waals surface area contributed by atoms with Crippen LogP contribution in [0, 0.1) is 5.41 Å². The molecule has 1 rings (SSSR count). The van der Waals surface area contributed by atoms with Crippen molar-refractivity contribution in [2.24, 2.45) is 5.41 Å². The van der Waals surface area contributed by atoms with Crippen LogP contribution in [0.25, 0.3) is 0 Å². The van der Waals surface area contributed by atoms with Crippen molar-refractivity contribution >= 4 is 21.6 Å². The van der Waals surface area contributed by atoms with Crippen LogP contribution in [0.3, 0.4) is 0 Å². The Hall–Kier alpha value is 0.160. The minimum absolute atomic E-state index is 0.0547. The zero-order chi connectivity index (χ0) is 11.7. The lowest BCUT2D eigenvalue weighted by molar-refractivity contribution is -0.0645. The van der Waals surface area contributed by atoms with Gasteiger partial charge in [0.2, 0.25) is 10.0 Å². The van der Waals surface area contributed by atoms with Gasteiger partial charge in [-0.1, -0.05) is 13.8 Å². The van der Waals surface area contributed by atoms with Crippen molar-refractivity contribution in [3.05, 3.63) is 0 Å². The molecule has 2 atom stereocenters. The zero-order valence-electron chi connectivity index (χ0n) is 9.03. The highest BCUT2D eigenvalue weighted by Gasteiger charge is 2.48. The van der Waals surface area contributed by atoms with Crippen LogP contribution < -0.4 is 4.72 Å². The molecule has 0 radical (unpaired) electrons. The SMILES string of the molecule is CC1(C)C(O)CC1NS(=O)(=O)CCCCl. The summed E-state index contributed by atoms with van der Waals surface area (Å²) in [4.78, 5) is 0. The summed E-state index contributed by atoms with van der Waals surface area (Å²) in [5.41, 5.74) is -0.367. The van der Waals surface area contributed by atoms with Gasteiger partial charge in [0, 0.05) is 17.3 Å². The van der Waals surface area contributed by atoms with E-state index in [-0.39, 0.29) is 17.2 Å². The van der Waals surface area contributed by atoms with E-state index >= 15 is 0 Å². The molecule has 90 valence electrons. The van der Waals surface area contributed by atoms with Gasteiger partial charge in [-0.05, 0) is 12.8 Å². The normalized spacial score (nSPS) is 29.9. The number of halogens is 1. The second-order valence-corrected chi connectivity index (χ2v) is 6.86. The van der Waals surface area contributed by atoms with Gasteiger partial charge in [0.25, 0.3) is 0 Å². The van der Waals surface area contributed by atoms with E-state index in [0.29, 0.717) is 18.7 Å². The van der Waals surface area contributed by atoms with Gasteiger partial charge in [-0.3, -0.25) is 0 Å². The largest absolute Gasteiger partial charge is 0.392 e. The molecule has 1 fully saturated rings. The lowest BCUT2D eigenvalue weighted by atomic mass is 9.65. The van der Waals surface area contributed by atoms with Crippen LogP contribution in [0.2, 0.25) is 0 Å². The molecule has 0 saturated heterocycles. The van der Waals surface area contributed by atoms with Crippen LogP contribution in [0.4, 0.5) is 0 Å². The van der Waals surface area contributed by atoms with Crippen molar-refractivity contribution < 1.29 is 13.5 Å². The van der Waals surface area contributed by atoms with E-state index in [9.17, 15) is 13.5 Å². The van der Waals surface area contributed by atoms with Gasteiger partial charge in [-0.25, -0.2) is 13.1 Å². The van der Waals surface area contributed by atoms with E-state index in [1.807, 2.05) is 13.8 Å². The van der Waals surface area contributed by atoms with Crippen molar-refractivity contribution in [1.82, 2.24) is 4.72 Å². The van der Waals surface area contributed by atoms with Gasteiger partial charge >= 0.3 is 0 Å². The lowest BCUT2D eigenvalue weighted by Gasteiger charge is -2.49. The predicted octanol–water partition coefficient (Wildman–Crippen LogP) is 0.694. The Bertz CT molecular complexity index is 315. The first-order valence-corrected chi connectivity index (χ1v) is 7.22. The number of aliphatic hydroxyl groups excluding tert-OH is 1. The lowest BCUT2D eigenvalue weighted by Crippen LogP contribution is -2.61. The number of nitrogens with one attached hydrogen (secondary N) is 1. The molecule has 0 aliphatic heterocycles. The van der Waals surface area contributed by atoms with E-state index < -0.39 is 16.1 Å². The number of hydrogen-bond acceptors (Lipinski definition) is 3. The van der Waals surface area contributed by atoms with E-state index in [1.165, 1.54) is 0 Å². The fourth-order valence-corrected chi connectivity index (χ4v) is 3.39. The Morgan fingerprint density at radius 1 is 1.53 bits per heavy atom. The van der Waals surface area contributed by atoms with E-state index in [0.717, 1.165) is 0 Å². The first-order chi connectivity index (χ1) is 6.79. The summed E-state index contributed by atoms with van der Waals surface area (Å²) < 4.78 is 25.7. The maximum atomic E-state index is 11.5. The Morgan fingerprint density at radius 3 is 2.53 bits per heavy atom. The van der Waals surface area contributed by atoms with Crippen molar-refractivity contribution in [3.63, 3.8) is 0 Å². The summed E-state index contributed by atoms with van der Waals surface area (Å²) in [7, 11) is -3.24. The van der Waals surface area contributed by atoms with E-state index in [4.69, 9.17) is 11.6 Å². The third-order valence-corrected chi connectivity index (χ3v) is 4.82. The van der Waals surface area contributed by atoms with Crippen molar-refractivity contribution in [1.29, 1.82) is 0 Å². The average molecular weight is 256 g/mol. The second kappa shape index (κ2) is 4.57. The van der Waals surface area contributed by atoms with E-state index in [2.05, 4.69) is 4.72 Å². The van der Waals surface area contributed by atoms with Gasteiger partial charge in [0.05, 0.1) is 11.9 Å². The van der Waals surface area contributed by atoms with Gasteiger partial charge < -0.3 is 5.11 Å². The monoisotopic (exact) mass is 255 g/mol. The maximum Gasteiger partial charge on any atom is 0.211 e. The summed E-state index contributed by atoms with van der Waals surface area (Å²) in [5, 5.41) is 9.46. The molecular formula is C9H18ClNO3S. The molecule has 1 saturated carbocycles. The standard InChI is InChI=1S/C9H18ClNO3S/c1-9(2)7(6-8(9)12)11-15(13,14)5-3-4-10/h7-8,11-12H,3-6H2,1-2H3. The maximum absolute atomic E-state index is 11.5. The third kappa shape index (κ3) is 3.06. The molecule has 1 aliphatic carbocycles. The van der Waals surface area contributed by atoms with Gasteiger partial charge in [-0.2, -0.15) is 0 Å². The average Bonchev–Trinajstić information content (AvgIpc) is 2.14. The van der Waals surface area contributed by atoms with Crippen LogP contribution in [-0.2, 0) is 10.0 Å². The van der Waals surface area contributed by atoms with Crippen LogP contribution in [0.1, 0.15) is 26.7 Å². The molecule has 2 N–H and O–H groups in total. The topological polar surface area (TPSA) is 66.4 Å². The minimum atomic E-state index is -3.24. The van der Waals surface area contributed by atoms with Crippen LogP contribution in [-0.4, -0.2) is 37.3 Å². The first-order valence-electron chi connectivity index (χ1n) is 5.03. The summed E-state index contributed by atoms with van der Waals surface area (Å²) in [6.45, 7) is 3.71. The quantitative estimate of drug-likeness (QED) is 0.711. The van der Waals surface area contributed by atoms with Crippen molar-refractivity contribution in [3.8, 4) is 0 Å². The minimum Gasteiger partial charge on any atom is -0.392 e. The summed E-state index contributed by atoms with van der Waals surface area (Å²) in [6, 6.07) is -0.159. The first kappa shape index (κ1) is 13.2. The smallest absolute Gasteiger partial charge is 0.211 e. The fraction of sp³-hybridized carbons (Fsp3) is 1.00. The molecule has 0 aromatic rings. The van der Waals surface area contributed by atoms with Crippen molar-refractivity contribution in [2.45, 2.75) is 38.8 Å². The molecule has 15 heavy (non-hydrogen) atoms. The summed E-state index contributed by atoms with van der Waals surface area (Å²) in [5.74, 6) is 0.400. The molecule has 0 aromatic heterocycles. The number of hydrogen-bond donors (Lipinski definition) is 2. The molecule has 0 amide bonds. The Kier molecular flexibility index (Phi) is 4.03. The highest BCUT2D eigenvalue weighted by molar-refractivity contribution is 7.89. The van der Waals surface area contributed by atoms with Crippen LogP contribution in [0.5, 0.6) is 0 Å². The number of rotatable bonds is 5. The molecule has 1 aliphatic rings. The third-order valence-electron chi connectivity index (χ3n) is 3.08. The molecule has 0 spiro atoms. The fourth-order valence-electron chi connectivity index (χ4n) is 1.62. The molecular weight excluding hydrogens is 238 g/mol. The van der Waals surface area contributed by atoms with E-state index in [1.54, 1.807) is 0 Å². The van der Waals surface area contributed by atoms with Gasteiger partial charge in [-0.15, -0.1) is 11.6 Å². The zero-order valence-corrected chi connectivity index (χ0v) is 10.6. The number of sulfonamides is 1. The van der Waals surface area contributed by atoms with Gasteiger partial charge in [0.1, 0.15) is 0 Å². The Balaban J connectivity index is 2.49. The summed E-state index contributed by atoms with van der Waals surface area (Å²) >= 11 is 5.44. The molecule has 2 unspecified atom stereocenters. The van der Waals surface area contributed by atoms with Crippen LogP contribution in [0.15, 0.2) is 0 Å².